The number of amides is 1. The molecule has 0 aliphatic heterocycles. The fraction of sp³-hybridized carbons (Fsp3) is 0.0769. The maximum atomic E-state index is 11.1. The van der Waals surface area contributed by atoms with Gasteiger partial charge in [0.1, 0.15) is 0 Å². The molecule has 0 saturated carbocycles. The second kappa shape index (κ2) is 6.04. The highest BCUT2D eigenvalue weighted by Crippen LogP contribution is 2.21. The SMILES string of the molecule is NC(=O)c1ccc(NCc2cncc(Br)c2)cc1Cl. The summed E-state index contributed by atoms with van der Waals surface area (Å²) in [4.78, 5) is 15.1. The van der Waals surface area contributed by atoms with Gasteiger partial charge < -0.3 is 11.1 Å². The van der Waals surface area contributed by atoms with Gasteiger partial charge in [-0.05, 0) is 45.8 Å². The van der Waals surface area contributed by atoms with Gasteiger partial charge in [0.25, 0.3) is 0 Å². The number of nitrogens with one attached hydrogen (secondary N) is 1. The van der Waals surface area contributed by atoms with Gasteiger partial charge in [-0.3, -0.25) is 9.78 Å². The lowest BCUT2D eigenvalue weighted by Gasteiger charge is -2.08. The number of rotatable bonds is 4. The minimum Gasteiger partial charge on any atom is -0.381 e. The molecule has 0 saturated heterocycles. The van der Waals surface area contributed by atoms with Crippen LogP contribution in [-0.4, -0.2) is 10.9 Å². The monoisotopic (exact) mass is 339 g/mol. The summed E-state index contributed by atoms with van der Waals surface area (Å²) in [6, 6.07) is 7.01. The van der Waals surface area contributed by atoms with E-state index in [1.807, 2.05) is 6.07 Å². The van der Waals surface area contributed by atoms with E-state index in [-0.39, 0.29) is 0 Å². The van der Waals surface area contributed by atoms with Crippen molar-refractivity contribution in [2.24, 2.45) is 5.73 Å². The van der Waals surface area contributed by atoms with Crippen molar-refractivity contribution in [3.63, 3.8) is 0 Å². The molecule has 6 heteroatoms. The largest absolute Gasteiger partial charge is 0.381 e. The molecule has 1 heterocycles. The van der Waals surface area contributed by atoms with Crippen LogP contribution in [-0.2, 0) is 6.54 Å². The van der Waals surface area contributed by atoms with E-state index < -0.39 is 5.91 Å². The summed E-state index contributed by atoms with van der Waals surface area (Å²) < 4.78 is 0.925. The number of nitrogens with two attached hydrogens (primary N) is 1. The lowest BCUT2D eigenvalue weighted by atomic mass is 10.2. The van der Waals surface area contributed by atoms with Crippen molar-refractivity contribution in [3.8, 4) is 0 Å². The van der Waals surface area contributed by atoms with E-state index in [4.69, 9.17) is 17.3 Å². The van der Waals surface area contributed by atoms with E-state index in [9.17, 15) is 4.79 Å². The highest BCUT2D eigenvalue weighted by atomic mass is 79.9. The summed E-state index contributed by atoms with van der Waals surface area (Å²) in [5, 5.41) is 3.54. The highest BCUT2D eigenvalue weighted by molar-refractivity contribution is 9.10. The van der Waals surface area contributed by atoms with Crippen LogP contribution in [0, 0.1) is 0 Å². The lowest BCUT2D eigenvalue weighted by molar-refractivity contribution is 0.100. The van der Waals surface area contributed by atoms with Gasteiger partial charge in [0.15, 0.2) is 0 Å². The molecule has 0 aliphatic rings. The number of anilines is 1. The van der Waals surface area contributed by atoms with E-state index in [1.54, 1.807) is 30.6 Å². The number of primary amides is 1. The zero-order valence-electron chi connectivity index (χ0n) is 9.86. The molecule has 0 unspecified atom stereocenters. The van der Waals surface area contributed by atoms with Crippen molar-refractivity contribution in [3.05, 3.63) is 57.3 Å². The Morgan fingerprint density at radius 3 is 2.79 bits per heavy atom. The van der Waals surface area contributed by atoms with Crippen LogP contribution in [0.25, 0.3) is 0 Å². The number of carbonyl (C=O) groups excluding carboxylic acids is 1. The van der Waals surface area contributed by atoms with Crippen LogP contribution in [0.5, 0.6) is 0 Å². The Morgan fingerprint density at radius 1 is 1.37 bits per heavy atom. The van der Waals surface area contributed by atoms with Crippen molar-refractivity contribution in [2.75, 3.05) is 5.32 Å². The molecule has 0 fully saturated rings. The van der Waals surface area contributed by atoms with E-state index in [0.717, 1.165) is 15.7 Å². The van der Waals surface area contributed by atoms with Crippen LogP contribution >= 0.6 is 27.5 Å². The Hall–Kier alpha value is -1.59. The molecule has 4 nitrogen and oxygen atoms in total. The minimum absolute atomic E-state index is 0.316. The zero-order valence-corrected chi connectivity index (χ0v) is 12.2. The standard InChI is InChI=1S/C13H11BrClN3O/c14-9-3-8(5-17-7-9)6-18-10-1-2-11(13(16)19)12(15)4-10/h1-5,7,18H,6H2,(H2,16,19). The van der Waals surface area contributed by atoms with Crippen molar-refractivity contribution in [1.82, 2.24) is 4.98 Å². The second-order valence-corrected chi connectivity index (χ2v) is 5.25. The van der Waals surface area contributed by atoms with Crippen LogP contribution in [0.3, 0.4) is 0 Å². The van der Waals surface area contributed by atoms with Crippen LogP contribution in [0.2, 0.25) is 5.02 Å². The first-order chi connectivity index (χ1) is 9.06. The van der Waals surface area contributed by atoms with Crippen molar-refractivity contribution >= 4 is 39.1 Å². The first kappa shape index (κ1) is 13.8. The normalized spacial score (nSPS) is 10.2. The molecule has 19 heavy (non-hydrogen) atoms. The topological polar surface area (TPSA) is 68.0 Å². The Balaban J connectivity index is 2.08. The predicted octanol–water partition coefficient (Wildman–Crippen LogP) is 3.21. The maximum absolute atomic E-state index is 11.1. The quantitative estimate of drug-likeness (QED) is 0.898. The number of hydrogen-bond acceptors (Lipinski definition) is 3. The summed E-state index contributed by atoms with van der Waals surface area (Å²) in [7, 11) is 0. The fourth-order valence-corrected chi connectivity index (χ4v) is 2.27. The summed E-state index contributed by atoms with van der Waals surface area (Å²) in [6.07, 6.45) is 3.50. The molecule has 1 aromatic heterocycles. The predicted molar refractivity (Wildman–Crippen MR) is 79.2 cm³/mol. The van der Waals surface area contributed by atoms with Gasteiger partial charge in [-0.15, -0.1) is 0 Å². The third-order valence-electron chi connectivity index (χ3n) is 2.49. The molecule has 2 aromatic rings. The number of aromatic nitrogens is 1. The molecule has 0 radical (unpaired) electrons. The maximum Gasteiger partial charge on any atom is 0.250 e. The fourth-order valence-electron chi connectivity index (χ4n) is 1.58. The molecule has 1 aromatic carbocycles. The van der Waals surface area contributed by atoms with Gasteiger partial charge in [-0.2, -0.15) is 0 Å². The smallest absolute Gasteiger partial charge is 0.250 e. The number of pyridine rings is 1. The van der Waals surface area contributed by atoms with Crippen molar-refractivity contribution in [2.45, 2.75) is 6.54 Å². The summed E-state index contributed by atoms with van der Waals surface area (Å²) in [5.41, 5.74) is 7.35. The molecule has 1 amide bonds. The molecule has 3 N–H and O–H groups in total. The third kappa shape index (κ3) is 3.68. The van der Waals surface area contributed by atoms with Gasteiger partial charge in [-0.25, -0.2) is 0 Å². The number of hydrogen-bond donors (Lipinski definition) is 2. The minimum atomic E-state index is -0.535. The highest BCUT2D eigenvalue weighted by Gasteiger charge is 2.06. The molecule has 2 rings (SSSR count). The lowest BCUT2D eigenvalue weighted by Crippen LogP contribution is -2.11. The Kier molecular flexibility index (Phi) is 4.39. The molecule has 0 atom stereocenters. The van der Waals surface area contributed by atoms with Crippen molar-refractivity contribution < 1.29 is 4.79 Å². The van der Waals surface area contributed by atoms with Crippen LogP contribution in [0.4, 0.5) is 5.69 Å². The van der Waals surface area contributed by atoms with E-state index in [2.05, 4.69) is 26.2 Å². The van der Waals surface area contributed by atoms with Gasteiger partial charge in [0.05, 0.1) is 10.6 Å². The third-order valence-corrected chi connectivity index (χ3v) is 3.24. The van der Waals surface area contributed by atoms with E-state index >= 15 is 0 Å². The van der Waals surface area contributed by atoms with Gasteiger partial charge >= 0.3 is 0 Å². The molecular formula is C13H11BrClN3O. The van der Waals surface area contributed by atoms with E-state index in [0.29, 0.717) is 17.1 Å². The number of halogens is 2. The number of nitrogens with zero attached hydrogens (tertiary/aromatic N) is 1. The summed E-state index contributed by atoms with van der Waals surface area (Å²) >= 11 is 9.33. The second-order valence-electron chi connectivity index (χ2n) is 3.92. The molecule has 0 spiro atoms. The Labute approximate surface area is 124 Å². The zero-order chi connectivity index (χ0) is 13.8. The molecule has 0 bridgehead atoms. The van der Waals surface area contributed by atoms with Crippen LogP contribution in [0.15, 0.2) is 41.1 Å². The summed E-state index contributed by atoms with van der Waals surface area (Å²) in [5.74, 6) is -0.535. The molecule has 0 aliphatic carbocycles. The first-order valence-corrected chi connectivity index (χ1v) is 6.66. The van der Waals surface area contributed by atoms with Crippen molar-refractivity contribution in [1.29, 1.82) is 0 Å². The average Bonchev–Trinajstić information content (AvgIpc) is 2.36. The van der Waals surface area contributed by atoms with Crippen LogP contribution < -0.4 is 11.1 Å². The average molecular weight is 341 g/mol. The first-order valence-electron chi connectivity index (χ1n) is 5.49. The van der Waals surface area contributed by atoms with Gasteiger partial charge in [0.2, 0.25) is 5.91 Å². The number of benzene rings is 1. The Bertz CT molecular complexity index is 619. The summed E-state index contributed by atoms with van der Waals surface area (Å²) in [6.45, 7) is 0.610. The Morgan fingerprint density at radius 2 is 2.16 bits per heavy atom. The number of carbonyl (C=O) groups is 1. The van der Waals surface area contributed by atoms with E-state index in [1.165, 1.54) is 0 Å². The molecular weight excluding hydrogens is 330 g/mol. The van der Waals surface area contributed by atoms with Gasteiger partial charge in [0, 0.05) is 29.1 Å². The molecule has 98 valence electrons. The van der Waals surface area contributed by atoms with Gasteiger partial charge in [-0.1, -0.05) is 11.6 Å². The van der Waals surface area contributed by atoms with Crippen LogP contribution in [0.1, 0.15) is 15.9 Å².